The van der Waals surface area contributed by atoms with Gasteiger partial charge in [-0.3, -0.25) is 4.79 Å². The largest absolute Gasteiger partial charge is 0.480 e. The molecule has 0 saturated heterocycles. The number of urea groups is 1. The van der Waals surface area contributed by atoms with E-state index in [0.29, 0.717) is 18.8 Å². The van der Waals surface area contributed by atoms with Crippen molar-refractivity contribution in [3.63, 3.8) is 0 Å². The smallest absolute Gasteiger partial charge is 0.329 e. The summed E-state index contributed by atoms with van der Waals surface area (Å²) in [7, 11) is 0. The first-order chi connectivity index (χ1) is 9.63. The first kappa shape index (κ1) is 17.3. The fraction of sp³-hybridized carbons (Fsp3) is 0.786. The Morgan fingerprint density at radius 2 is 1.81 bits per heavy atom. The number of nitrogens with two attached hydrogens (primary N) is 1. The molecular weight excluding hydrogens is 274 g/mol. The van der Waals surface area contributed by atoms with Crippen LogP contribution in [0.3, 0.4) is 0 Å². The average Bonchev–Trinajstić information content (AvgIpc) is 2.38. The Bertz CT molecular complexity index is 426. The molecule has 0 bridgehead atoms. The maximum Gasteiger partial charge on any atom is 0.329 e. The summed E-state index contributed by atoms with van der Waals surface area (Å²) in [5.74, 6) is -1.22. The summed E-state index contributed by atoms with van der Waals surface area (Å²) < 4.78 is 0. The second kappa shape index (κ2) is 6.32. The Morgan fingerprint density at radius 3 is 2.19 bits per heavy atom. The summed E-state index contributed by atoms with van der Waals surface area (Å²) in [6, 6.07) is -0.684. The maximum absolute atomic E-state index is 12.0. The van der Waals surface area contributed by atoms with Gasteiger partial charge < -0.3 is 21.5 Å². The number of carbonyl (C=O) groups excluding carboxylic acids is 2. The monoisotopic (exact) mass is 299 g/mol. The minimum atomic E-state index is -1.26. The molecule has 7 heteroatoms. The number of hydrogen-bond donors (Lipinski definition) is 4. The summed E-state index contributed by atoms with van der Waals surface area (Å²) in [6.45, 7) is 5.01. The second-order valence-corrected chi connectivity index (χ2v) is 6.31. The Morgan fingerprint density at radius 1 is 1.29 bits per heavy atom. The van der Waals surface area contributed by atoms with Crippen molar-refractivity contribution >= 4 is 17.9 Å². The van der Waals surface area contributed by atoms with Gasteiger partial charge in [-0.05, 0) is 45.4 Å². The first-order valence-electron chi connectivity index (χ1n) is 7.26. The predicted octanol–water partition coefficient (Wildman–Crippen LogP) is 0.973. The van der Waals surface area contributed by atoms with E-state index >= 15 is 0 Å². The SMILES string of the molecule is CCC1CCC(NC(=O)NC(C)(C)C(N)=O)(C(=O)O)CC1. The lowest BCUT2D eigenvalue weighted by atomic mass is 9.75. The van der Waals surface area contributed by atoms with Gasteiger partial charge in [0.1, 0.15) is 11.1 Å². The molecule has 120 valence electrons. The zero-order chi connectivity index (χ0) is 16.3. The highest BCUT2D eigenvalue weighted by atomic mass is 16.4. The van der Waals surface area contributed by atoms with E-state index < -0.39 is 29.0 Å². The van der Waals surface area contributed by atoms with Gasteiger partial charge in [-0.1, -0.05) is 13.3 Å². The van der Waals surface area contributed by atoms with Crippen molar-refractivity contribution in [2.24, 2.45) is 11.7 Å². The first-order valence-corrected chi connectivity index (χ1v) is 7.26. The highest BCUT2D eigenvalue weighted by Gasteiger charge is 2.43. The van der Waals surface area contributed by atoms with E-state index in [1.165, 1.54) is 13.8 Å². The van der Waals surface area contributed by atoms with E-state index in [-0.39, 0.29) is 0 Å². The van der Waals surface area contributed by atoms with Crippen LogP contribution in [0.15, 0.2) is 0 Å². The van der Waals surface area contributed by atoms with Gasteiger partial charge in [0.2, 0.25) is 5.91 Å². The molecule has 7 nitrogen and oxygen atoms in total. The van der Waals surface area contributed by atoms with Crippen LogP contribution in [0.4, 0.5) is 4.79 Å². The topological polar surface area (TPSA) is 122 Å². The van der Waals surface area contributed by atoms with Gasteiger partial charge >= 0.3 is 12.0 Å². The molecule has 0 heterocycles. The minimum absolute atomic E-state index is 0.394. The lowest BCUT2D eigenvalue weighted by Crippen LogP contribution is -2.63. The van der Waals surface area contributed by atoms with Crippen LogP contribution in [0.5, 0.6) is 0 Å². The number of hydrogen-bond acceptors (Lipinski definition) is 3. The molecule has 1 aliphatic rings. The van der Waals surface area contributed by atoms with Gasteiger partial charge in [-0.2, -0.15) is 0 Å². The quantitative estimate of drug-likeness (QED) is 0.604. The number of nitrogens with one attached hydrogen (secondary N) is 2. The molecule has 0 atom stereocenters. The molecule has 1 aliphatic carbocycles. The fourth-order valence-electron chi connectivity index (χ4n) is 2.56. The average molecular weight is 299 g/mol. The third-order valence-electron chi connectivity index (χ3n) is 4.34. The molecule has 0 unspecified atom stereocenters. The Labute approximate surface area is 124 Å². The van der Waals surface area contributed by atoms with Gasteiger partial charge in [0.25, 0.3) is 0 Å². The van der Waals surface area contributed by atoms with Crippen LogP contribution in [0.2, 0.25) is 0 Å². The van der Waals surface area contributed by atoms with E-state index in [4.69, 9.17) is 5.73 Å². The van der Waals surface area contributed by atoms with E-state index in [1.54, 1.807) is 0 Å². The van der Waals surface area contributed by atoms with Crippen molar-refractivity contribution in [1.29, 1.82) is 0 Å². The molecule has 1 rings (SSSR count). The van der Waals surface area contributed by atoms with Crippen molar-refractivity contribution in [3.05, 3.63) is 0 Å². The van der Waals surface area contributed by atoms with Crippen LogP contribution < -0.4 is 16.4 Å². The van der Waals surface area contributed by atoms with E-state index in [0.717, 1.165) is 19.3 Å². The van der Waals surface area contributed by atoms with Gasteiger partial charge in [0.05, 0.1) is 0 Å². The van der Waals surface area contributed by atoms with E-state index in [1.807, 2.05) is 0 Å². The maximum atomic E-state index is 12.0. The molecule has 0 radical (unpaired) electrons. The zero-order valence-electron chi connectivity index (χ0n) is 12.9. The van der Waals surface area contributed by atoms with Crippen LogP contribution >= 0.6 is 0 Å². The Hall–Kier alpha value is -1.79. The fourth-order valence-corrected chi connectivity index (χ4v) is 2.56. The number of carbonyl (C=O) groups is 3. The van der Waals surface area contributed by atoms with Crippen LogP contribution in [0.1, 0.15) is 52.9 Å². The normalized spacial score (nSPS) is 26.0. The van der Waals surface area contributed by atoms with Crippen LogP contribution in [0.25, 0.3) is 0 Å². The van der Waals surface area contributed by atoms with Gasteiger partial charge in [0.15, 0.2) is 0 Å². The van der Waals surface area contributed by atoms with Crippen molar-refractivity contribution < 1.29 is 19.5 Å². The third-order valence-corrected chi connectivity index (χ3v) is 4.34. The molecule has 1 saturated carbocycles. The summed E-state index contributed by atoms with van der Waals surface area (Å²) in [4.78, 5) is 34.8. The van der Waals surface area contributed by atoms with Crippen molar-refractivity contribution in [1.82, 2.24) is 10.6 Å². The van der Waals surface area contributed by atoms with Crippen molar-refractivity contribution in [2.75, 3.05) is 0 Å². The number of carboxylic acid groups (broad SMARTS) is 1. The lowest BCUT2D eigenvalue weighted by Gasteiger charge is -2.38. The Balaban J connectivity index is 2.74. The van der Waals surface area contributed by atoms with Crippen LogP contribution in [-0.2, 0) is 9.59 Å². The molecule has 0 aromatic rings. The standard InChI is InChI=1S/C14H25N3O4/c1-4-9-5-7-14(8-6-9,11(19)20)17-12(21)16-13(2,3)10(15)18/h9H,4-8H2,1-3H3,(H2,15,18)(H,19,20)(H2,16,17,21). The molecule has 1 fully saturated rings. The molecule has 0 aromatic heterocycles. The van der Waals surface area contributed by atoms with E-state index in [9.17, 15) is 19.5 Å². The number of primary amides is 1. The number of rotatable bonds is 5. The summed E-state index contributed by atoms with van der Waals surface area (Å²) in [6.07, 6.45) is 3.33. The van der Waals surface area contributed by atoms with Gasteiger partial charge in [-0.15, -0.1) is 0 Å². The summed E-state index contributed by atoms with van der Waals surface area (Å²) in [5.41, 5.74) is 2.69. The summed E-state index contributed by atoms with van der Waals surface area (Å²) in [5, 5.41) is 14.4. The van der Waals surface area contributed by atoms with Crippen LogP contribution in [-0.4, -0.2) is 34.1 Å². The molecule has 0 aromatic carbocycles. The molecule has 21 heavy (non-hydrogen) atoms. The Kier molecular flexibility index (Phi) is 5.20. The minimum Gasteiger partial charge on any atom is -0.480 e. The lowest BCUT2D eigenvalue weighted by molar-refractivity contribution is -0.146. The molecule has 0 spiro atoms. The van der Waals surface area contributed by atoms with Gasteiger partial charge in [0, 0.05) is 0 Å². The van der Waals surface area contributed by atoms with Crippen molar-refractivity contribution in [3.8, 4) is 0 Å². The molecule has 3 amide bonds. The van der Waals surface area contributed by atoms with Gasteiger partial charge in [-0.25, -0.2) is 9.59 Å². The number of aliphatic carboxylic acids is 1. The highest BCUT2D eigenvalue weighted by Crippen LogP contribution is 2.34. The number of carboxylic acids is 1. The van der Waals surface area contributed by atoms with Crippen LogP contribution in [0, 0.1) is 5.92 Å². The predicted molar refractivity (Wildman–Crippen MR) is 77.6 cm³/mol. The summed E-state index contributed by atoms with van der Waals surface area (Å²) >= 11 is 0. The van der Waals surface area contributed by atoms with Crippen molar-refractivity contribution in [2.45, 2.75) is 64.0 Å². The second-order valence-electron chi connectivity index (χ2n) is 6.31. The number of amides is 3. The molecule has 0 aliphatic heterocycles. The molecular formula is C14H25N3O4. The third kappa shape index (κ3) is 4.09. The zero-order valence-corrected chi connectivity index (χ0v) is 12.9. The highest BCUT2D eigenvalue weighted by molar-refractivity contribution is 5.91. The van der Waals surface area contributed by atoms with E-state index in [2.05, 4.69) is 17.6 Å². The molecule has 5 N–H and O–H groups in total.